The molecule has 5 rings (SSSR count). The average Bonchev–Trinajstić information content (AvgIpc) is 3.46. The van der Waals surface area contributed by atoms with E-state index in [9.17, 15) is 22.8 Å². The van der Waals surface area contributed by atoms with Gasteiger partial charge in [0.2, 0.25) is 0 Å². The van der Waals surface area contributed by atoms with E-state index in [4.69, 9.17) is 22.1 Å². The van der Waals surface area contributed by atoms with E-state index in [1.807, 2.05) is 0 Å². The molecule has 0 atom stereocenters. The first kappa shape index (κ1) is 24.1. The van der Waals surface area contributed by atoms with Crippen LogP contribution in [0.25, 0.3) is 10.2 Å². The molecule has 8 nitrogen and oxygen atoms in total. The Labute approximate surface area is 210 Å². The van der Waals surface area contributed by atoms with E-state index in [1.54, 1.807) is 0 Å². The number of thiophene rings is 1. The second-order valence-corrected chi connectivity index (χ2v) is 9.51. The number of alkyl halides is 2. The van der Waals surface area contributed by atoms with Crippen LogP contribution < -0.4 is 15.8 Å². The number of anilines is 1. The van der Waals surface area contributed by atoms with Crippen LogP contribution in [-0.4, -0.2) is 26.6 Å². The second kappa shape index (κ2) is 9.43. The summed E-state index contributed by atoms with van der Waals surface area (Å²) in [5.41, 5.74) is 5.88. The Kier molecular flexibility index (Phi) is 6.31. The van der Waals surface area contributed by atoms with Crippen LogP contribution >= 0.6 is 22.9 Å². The molecule has 1 aliphatic carbocycles. The van der Waals surface area contributed by atoms with Gasteiger partial charge in [0.05, 0.1) is 10.7 Å². The van der Waals surface area contributed by atoms with Gasteiger partial charge in [-0.2, -0.15) is 5.10 Å². The molecule has 0 bridgehead atoms. The molecule has 3 aromatic heterocycles. The van der Waals surface area contributed by atoms with Gasteiger partial charge in [0.15, 0.2) is 12.4 Å². The van der Waals surface area contributed by atoms with Gasteiger partial charge in [0.1, 0.15) is 27.0 Å². The summed E-state index contributed by atoms with van der Waals surface area (Å²) in [6.07, 6.45) is 0.329. The Morgan fingerprint density at radius 2 is 2.06 bits per heavy atom. The van der Waals surface area contributed by atoms with E-state index in [0.717, 1.165) is 30.2 Å². The number of pyridine rings is 1. The predicted octanol–water partition coefficient (Wildman–Crippen LogP) is 5.49. The van der Waals surface area contributed by atoms with Gasteiger partial charge >= 0.3 is 0 Å². The van der Waals surface area contributed by atoms with Crippen molar-refractivity contribution in [3.63, 3.8) is 0 Å². The molecular weight excluding hydrogens is 519 g/mol. The number of hydrogen-bond acceptors (Lipinski definition) is 6. The summed E-state index contributed by atoms with van der Waals surface area (Å²) in [5, 5.41) is 7.16. The van der Waals surface area contributed by atoms with Crippen molar-refractivity contribution in [2.45, 2.75) is 31.9 Å². The normalized spacial score (nSPS) is 13.4. The van der Waals surface area contributed by atoms with Crippen LogP contribution in [0.4, 0.5) is 18.9 Å². The number of aromatic nitrogens is 3. The van der Waals surface area contributed by atoms with Crippen LogP contribution in [0.2, 0.25) is 5.02 Å². The van der Waals surface area contributed by atoms with Crippen LogP contribution in [0, 0.1) is 5.82 Å². The SMILES string of the molecule is NC(=O)c1sc2nc(C(F)F)cc(C3CC3)c2c1NC(=O)c1ccn(COc2ccc(F)c(Cl)c2)n1. The molecule has 13 heteroatoms. The number of nitrogens with two attached hydrogens (primary N) is 1. The number of rotatable bonds is 8. The highest BCUT2D eigenvalue weighted by atomic mass is 35.5. The molecule has 1 aliphatic rings. The van der Waals surface area contributed by atoms with Crippen molar-refractivity contribution in [2.24, 2.45) is 5.73 Å². The minimum absolute atomic E-state index is 0.00937. The maximum atomic E-state index is 13.4. The molecule has 3 heterocycles. The van der Waals surface area contributed by atoms with Crippen LogP contribution in [-0.2, 0) is 6.73 Å². The number of carbonyl (C=O) groups excluding carboxylic acids is 2. The number of benzene rings is 1. The topological polar surface area (TPSA) is 112 Å². The van der Waals surface area contributed by atoms with E-state index in [1.165, 1.54) is 35.1 Å². The molecular formula is C23H17ClF3N5O3S. The molecule has 0 unspecified atom stereocenters. The van der Waals surface area contributed by atoms with Gasteiger partial charge in [0.25, 0.3) is 18.2 Å². The van der Waals surface area contributed by atoms with Crippen molar-refractivity contribution in [2.75, 3.05) is 5.32 Å². The highest BCUT2D eigenvalue weighted by Gasteiger charge is 2.32. The molecule has 0 aliphatic heterocycles. The van der Waals surface area contributed by atoms with Crippen LogP contribution in [0.3, 0.4) is 0 Å². The Morgan fingerprint density at radius 3 is 2.72 bits per heavy atom. The fourth-order valence-electron chi connectivity index (χ4n) is 3.71. The molecule has 36 heavy (non-hydrogen) atoms. The highest BCUT2D eigenvalue weighted by molar-refractivity contribution is 7.21. The highest BCUT2D eigenvalue weighted by Crippen LogP contribution is 2.48. The van der Waals surface area contributed by atoms with Crippen molar-refractivity contribution in [3.05, 3.63) is 69.2 Å². The van der Waals surface area contributed by atoms with Crippen molar-refractivity contribution in [1.82, 2.24) is 14.8 Å². The van der Waals surface area contributed by atoms with Crippen molar-refractivity contribution in [3.8, 4) is 5.75 Å². The zero-order valence-electron chi connectivity index (χ0n) is 18.3. The molecule has 1 fully saturated rings. The van der Waals surface area contributed by atoms with Crippen LogP contribution in [0.15, 0.2) is 36.5 Å². The van der Waals surface area contributed by atoms with Crippen LogP contribution in [0.1, 0.15) is 56.6 Å². The van der Waals surface area contributed by atoms with E-state index in [2.05, 4.69) is 15.4 Å². The summed E-state index contributed by atoms with van der Waals surface area (Å²) in [6.45, 7) is -0.0880. The quantitative estimate of drug-likeness (QED) is 0.310. The van der Waals surface area contributed by atoms with E-state index < -0.39 is 24.1 Å². The first-order valence-electron chi connectivity index (χ1n) is 10.7. The molecule has 0 saturated heterocycles. The monoisotopic (exact) mass is 535 g/mol. The number of ether oxygens (including phenoxy) is 1. The first-order valence-corrected chi connectivity index (χ1v) is 11.9. The lowest BCUT2D eigenvalue weighted by Crippen LogP contribution is -2.18. The van der Waals surface area contributed by atoms with Crippen LogP contribution in [0.5, 0.6) is 5.75 Å². The zero-order chi connectivity index (χ0) is 25.6. The molecule has 1 aromatic carbocycles. The summed E-state index contributed by atoms with van der Waals surface area (Å²) in [5.74, 6) is -1.69. The van der Waals surface area contributed by atoms with Gasteiger partial charge in [-0.3, -0.25) is 9.59 Å². The summed E-state index contributed by atoms with van der Waals surface area (Å²) in [6, 6.07) is 6.63. The van der Waals surface area contributed by atoms with Gasteiger partial charge in [-0.25, -0.2) is 22.8 Å². The average molecular weight is 536 g/mol. The maximum Gasteiger partial charge on any atom is 0.280 e. The number of amides is 2. The van der Waals surface area contributed by atoms with Gasteiger partial charge in [-0.15, -0.1) is 11.3 Å². The van der Waals surface area contributed by atoms with Crippen molar-refractivity contribution >= 4 is 50.7 Å². The summed E-state index contributed by atoms with van der Waals surface area (Å²) in [7, 11) is 0. The zero-order valence-corrected chi connectivity index (χ0v) is 19.9. The van der Waals surface area contributed by atoms with E-state index in [0.29, 0.717) is 16.7 Å². The lowest BCUT2D eigenvalue weighted by Gasteiger charge is -2.09. The third-order valence-corrected chi connectivity index (χ3v) is 6.93. The predicted molar refractivity (Wildman–Crippen MR) is 127 cm³/mol. The van der Waals surface area contributed by atoms with E-state index in [-0.39, 0.29) is 44.5 Å². The van der Waals surface area contributed by atoms with Gasteiger partial charge in [0, 0.05) is 17.6 Å². The third-order valence-electron chi connectivity index (χ3n) is 5.54. The lowest BCUT2D eigenvalue weighted by atomic mass is 10.0. The molecule has 2 amide bonds. The number of carbonyl (C=O) groups is 2. The minimum Gasteiger partial charge on any atom is -0.471 e. The Balaban J connectivity index is 1.41. The Bertz CT molecular complexity index is 1500. The number of primary amides is 1. The number of halogens is 4. The van der Waals surface area contributed by atoms with Gasteiger partial charge in [-0.1, -0.05) is 11.6 Å². The second-order valence-electron chi connectivity index (χ2n) is 8.11. The minimum atomic E-state index is -2.78. The molecule has 3 N–H and O–H groups in total. The smallest absolute Gasteiger partial charge is 0.280 e. The third kappa shape index (κ3) is 4.73. The van der Waals surface area contributed by atoms with Gasteiger partial charge < -0.3 is 15.8 Å². The number of nitrogens with one attached hydrogen (secondary N) is 1. The van der Waals surface area contributed by atoms with Crippen molar-refractivity contribution < 1.29 is 27.5 Å². The molecule has 186 valence electrons. The summed E-state index contributed by atoms with van der Waals surface area (Å²) < 4.78 is 46.9. The lowest BCUT2D eigenvalue weighted by molar-refractivity contribution is 0.100. The Hall–Kier alpha value is -3.64. The first-order chi connectivity index (χ1) is 17.2. The molecule has 1 saturated carbocycles. The standard InChI is InChI=1S/C23H17ClF3N5O3S/c24-13-7-11(3-4-14(13)25)35-9-32-6-5-15(31-32)22(34)30-18-17-12(10-1-2-10)8-16(20(26)27)29-23(17)36-19(18)21(28)33/h3-8,10,20H,1-2,9H2,(H2,28,33)(H,30,34). The Morgan fingerprint density at radius 1 is 1.28 bits per heavy atom. The fraction of sp³-hybridized carbons (Fsp3) is 0.217. The van der Waals surface area contributed by atoms with Crippen molar-refractivity contribution in [1.29, 1.82) is 0 Å². The molecule has 0 radical (unpaired) electrons. The number of nitrogens with zero attached hydrogens (tertiary/aromatic N) is 3. The molecule has 4 aromatic rings. The number of fused-ring (bicyclic) bond motifs is 1. The van der Waals surface area contributed by atoms with E-state index >= 15 is 0 Å². The fourth-order valence-corrected chi connectivity index (χ4v) is 4.90. The van der Waals surface area contributed by atoms with Gasteiger partial charge in [-0.05, 0) is 48.6 Å². The molecule has 0 spiro atoms. The number of hydrogen-bond donors (Lipinski definition) is 2. The largest absolute Gasteiger partial charge is 0.471 e. The summed E-state index contributed by atoms with van der Waals surface area (Å²) in [4.78, 5) is 29.3. The summed E-state index contributed by atoms with van der Waals surface area (Å²) >= 11 is 6.60. The maximum absolute atomic E-state index is 13.4.